The second-order valence-corrected chi connectivity index (χ2v) is 5.86. The van der Waals surface area contributed by atoms with E-state index in [-0.39, 0.29) is 12.6 Å². The maximum Gasteiger partial charge on any atom is 0.0944 e. The number of hydrogen-bond acceptors (Lipinski definition) is 5. The number of piperidine rings is 1. The van der Waals surface area contributed by atoms with Crippen molar-refractivity contribution in [2.24, 2.45) is 5.73 Å². The average molecular weight is 255 g/mol. The van der Waals surface area contributed by atoms with Crippen LogP contribution in [0.2, 0.25) is 0 Å². The highest BCUT2D eigenvalue weighted by atomic mass is 32.1. The summed E-state index contributed by atoms with van der Waals surface area (Å²) in [5, 5.41) is 12.1. The number of likely N-dealkylation sites (tertiary alicyclic amines) is 1. The standard InChI is InChI=1S/C12H21N3OS/c1-15-4-2-3-9(6-15)11-8-17-12(14-11)5-10(13)7-16/h8-10,16H,2-7,13H2,1H3. The fraction of sp³-hybridized carbons (Fsp3) is 0.750. The summed E-state index contributed by atoms with van der Waals surface area (Å²) in [6.45, 7) is 2.33. The molecule has 0 spiro atoms. The first-order chi connectivity index (χ1) is 8.19. The van der Waals surface area contributed by atoms with Gasteiger partial charge in [-0.15, -0.1) is 11.3 Å². The normalized spacial score (nSPS) is 23.8. The summed E-state index contributed by atoms with van der Waals surface area (Å²) >= 11 is 1.67. The van der Waals surface area contributed by atoms with E-state index < -0.39 is 0 Å². The summed E-state index contributed by atoms with van der Waals surface area (Å²) in [5.74, 6) is 0.573. The van der Waals surface area contributed by atoms with E-state index in [9.17, 15) is 0 Å². The van der Waals surface area contributed by atoms with Crippen molar-refractivity contribution >= 4 is 11.3 Å². The number of aliphatic hydroxyl groups is 1. The molecule has 1 aromatic rings. The van der Waals surface area contributed by atoms with Crippen LogP contribution >= 0.6 is 11.3 Å². The van der Waals surface area contributed by atoms with Crippen LogP contribution in [-0.4, -0.2) is 47.8 Å². The molecule has 1 aliphatic rings. The van der Waals surface area contributed by atoms with Gasteiger partial charge in [0, 0.05) is 30.3 Å². The van der Waals surface area contributed by atoms with Crippen molar-refractivity contribution in [3.05, 3.63) is 16.1 Å². The Hall–Kier alpha value is -0.490. The quantitative estimate of drug-likeness (QED) is 0.836. The van der Waals surface area contributed by atoms with Crippen molar-refractivity contribution in [2.75, 3.05) is 26.7 Å². The Bertz CT molecular complexity index is 355. The van der Waals surface area contributed by atoms with E-state index in [2.05, 4.69) is 22.3 Å². The first-order valence-corrected chi connectivity index (χ1v) is 7.06. The number of nitrogens with zero attached hydrogens (tertiary/aromatic N) is 2. The van der Waals surface area contributed by atoms with E-state index in [0.29, 0.717) is 12.3 Å². The van der Waals surface area contributed by atoms with Crippen molar-refractivity contribution in [2.45, 2.75) is 31.2 Å². The molecule has 0 radical (unpaired) electrons. The van der Waals surface area contributed by atoms with Gasteiger partial charge in [0.15, 0.2) is 0 Å². The zero-order valence-electron chi connectivity index (χ0n) is 10.3. The number of nitrogens with two attached hydrogens (primary N) is 1. The average Bonchev–Trinajstić information content (AvgIpc) is 2.77. The molecule has 1 aliphatic heterocycles. The Morgan fingerprint density at radius 2 is 2.53 bits per heavy atom. The van der Waals surface area contributed by atoms with Crippen LogP contribution in [0, 0.1) is 0 Å². The van der Waals surface area contributed by atoms with Crippen LogP contribution < -0.4 is 5.73 Å². The van der Waals surface area contributed by atoms with E-state index in [1.54, 1.807) is 11.3 Å². The molecule has 2 heterocycles. The zero-order valence-corrected chi connectivity index (χ0v) is 11.1. The Labute approximate surface area is 106 Å². The monoisotopic (exact) mass is 255 g/mol. The van der Waals surface area contributed by atoms with Gasteiger partial charge in [-0.3, -0.25) is 0 Å². The van der Waals surface area contributed by atoms with Crippen molar-refractivity contribution < 1.29 is 5.11 Å². The molecule has 5 heteroatoms. The first-order valence-electron chi connectivity index (χ1n) is 6.18. The first kappa shape index (κ1) is 13.0. The summed E-state index contributed by atoms with van der Waals surface area (Å²) in [5.41, 5.74) is 6.93. The van der Waals surface area contributed by atoms with E-state index in [1.807, 2.05) is 0 Å². The number of hydrogen-bond donors (Lipinski definition) is 2. The van der Waals surface area contributed by atoms with Gasteiger partial charge in [-0.05, 0) is 26.4 Å². The number of rotatable bonds is 4. The zero-order chi connectivity index (χ0) is 12.3. The third-order valence-corrected chi connectivity index (χ3v) is 4.17. The second-order valence-electron chi connectivity index (χ2n) is 4.91. The third-order valence-electron chi connectivity index (χ3n) is 3.28. The number of aliphatic hydroxyl groups excluding tert-OH is 1. The third kappa shape index (κ3) is 3.48. The molecule has 2 rings (SSSR count). The van der Waals surface area contributed by atoms with Gasteiger partial charge in [0.2, 0.25) is 0 Å². The summed E-state index contributed by atoms with van der Waals surface area (Å²) < 4.78 is 0. The van der Waals surface area contributed by atoms with Crippen molar-refractivity contribution in [3.8, 4) is 0 Å². The minimum Gasteiger partial charge on any atom is -0.395 e. The lowest BCUT2D eigenvalue weighted by Crippen LogP contribution is -2.31. The van der Waals surface area contributed by atoms with Gasteiger partial charge >= 0.3 is 0 Å². The minimum atomic E-state index is -0.178. The van der Waals surface area contributed by atoms with Gasteiger partial charge in [0.25, 0.3) is 0 Å². The summed E-state index contributed by atoms with van der Waals surface area (Å²) in [4.78, 5) is 7.02. The van der Waals surface area contributed by atoms with E-state index in [0.717, 1.165) is 11.6 Å². The molecule has 2 unspecified atom stereocenters. The molecular weight excluding hydrogens is 234 g/mol. The molecule has 0 aromatic carbocycles. The lowest BCUT2D eigenvalue weighted by atomic mass is 9.96. The molecule has 0 saturated carbocycles. The van der Waals surface area contributed by atoms with Gasteiger partial charge in [-0.2, -0.15) is 0 Å². The van der Waals surface area contributed by atoms with E-state index in [1.165, 1.54) is 25.1 Å². The van der Waals surface area contributed by atoms with Gasteiger partial charge in [-0.1, -0.05) is 0 Å². The van der Waals surface area contributed by atoms with Crippen LogP contribution in [-0.2, 0) is 6.42 Å². The maximum absolute atomic E-state index is 8.93. The smallest absolute Gasteiger partial charge is 0.0944 e. The highest BCUT2D eigenvalue weighted by Crippen LogP contribution is 2.27. The SMILES string of the molecule is CN1CCCC(c2csc(CC(N)CO)n2)C1. The van der Waals surface area contributed by atoms with Crippen molar-refractivity contribution in [1.29, 1.82) is 0 Å². The molecule has 0 amide bonds. The number of likely N-dealkylation sites (N-methyl/N-ethyl adjacent to an activating group) is 1. The second kappa shape index (κ2) is 5.91. The number of aromatic nitrogens is 1. The molecule has 1 saturated heterocycles. The molecule has 17 heavy (non-hydrogen) atoms. The van der Waals surface area contributed by atoms with Crippen LogP contribution in [0.4, 0.5) is 0 Å². The molecule has 1 aromatic heterocycles. The van der Waals surface area contributed by atoms with Crippen LogP contribution in [0.3, 0.4) is 0 Å². The Morgan fingerprint density at radius 3 is 3.24 bits per heavy atom. The van der Waals surface area contributed by atoms with Gasteiger partial charge in [-0.25, -0.2) is 4.98 Å². The fourth-order valence-corrected chi connectivity index (χ4v) is 3.27. The fourth-order valence-electron chi connectivity index (χ4n) is 2.30. The molecular formula is C12H21N3OS. The maximum atomic E-state index is 8.93. The van der Waals surface area contributed by atoms with Crippen LogP contribution in [0.25, 0.3) is 0 Å². The predicted octanol–water partition coefficient (Wildman–Crippen LogP) is 0.814. The molecule has 0 aliphatic carbocycles. The molecule has 2 atom stereocenters. The summed E-state index contributed by atoms with van der Waals surface area (Å²) in [7, 11) is 2.17. The highest BCUT2D eigenvalue weighted by molar-refractivity contribution is 7.09. The topological polar surface area (TPSA) is 62.4 Å². The summed E-state index contributed by atoms with van der Waals surface area (Å²) in [6.07, 6.45) is 3.17. The lowest BCUT2D eigenvalue weighted by Gasteiger charge is -2.28. The molecule has 0 bridgehead atoms. The van der Waals surface area contributed by atoms with Crippen molar-refractivity contribution in [3.63, 3.8) is 0 Å². The van der Waals surface area contributed by atoms with Gasteiger partial charge in [0.1, 0.15) is 0 Å². The minimum absolute atomic E-state index is 0.0288. The van der Waals surface area contributed by atoms with E-state index in [4.69, 9.17) is 10.8 Å². The van der Waals surface area contributed by atoms with Crippen LogP contribution in [0.5, 0.6) is 0 Å². The number of thiazole rings is 1. The van der Waals surface area contributed by atoms with E-state index >= 15 is 0 Å². The molecule has 4 nitrogen and oxygen atoms in total. The molecule has 96 valence electrons. The largest absolute Gasteiger partial charge is 0.395 e. The Balaban J connectivity index is 1.97. The van der Waals surface area contributed by atoms with Gasteiger partial charge < -0.3 is 15.7 Å². The highest BCUT2D eigenvalue weighted by Gasteiger charge is 2.21. The van der Waals surface area contributed by atoms with Crippen LogP contribution in [0.15, 0.2) is 5.38 Å². The molecule has 1 fully saturated rings. The predicted molar refractivity (Wildman–Crippen MR) is 70.4 cm³/mol. The summed E-state index contributed by atoms with van der Waals surface area (Å²) in [6, 6.07) is -0.178. The molecule has 3 N–H and O–H groups in total. The lowest BCUT2D eigenvalue weighted by molar-refractivity contribution is 0.248. The van der Waals surface area contributed by atoms with Gasteiger partial charge in [0.05, 0.1) is 17.3 Å². The Morgan fingerprint density at radius 1 is 1.71 bits per heavy atom. The van der Waals surface area contributed by atoms with Crippen LogP contribution in [0.1, 0.15) is 29.5 Å². The Kier molecular flexibility index (Phi) is 4.50. The van der Waals surface area contributed by atoms with Crippen molar-refractivity contribution in [1.82, 2.24) is 9.88 Å².